The van der Waals surface area contributed by atoms with Gasteiger partial charge < -0.3 is 14.9 Å². The number of aryl methyl sites for hydroxylation is 1. The maximum atomic E-state index is 13.0. The summed E-state index contributed by atoms with van der Waals surface area (Å²) in [5.41, 5.74) is 1.70. The number of nitrogens with one attached hydrogen (secondary N) is 1. The Morgan fingerprint density at radius 2 is 2.11 bits per heavy atom. The number of pyridine rings is 1. The number of halogens is 1. The van der Waals surface area contributed by atoms with Gasteiger partial charge in [-0.3, -0.25) is 4.79 Å². The van der Waals surface area contributed by atoms with E-state index in [1.165, 1.54) is 36.0 Å². The lowest BCUT2D eigenvalue weighted by Crippen LogP contribution is -2.29. The molecule has 1 amide bonds. The fraction of sp³-hybridized carbons (Fsp3) is 0.211. The zero-order valence-electron chi connectivity index (χ0n) is 14.6. The minimum absolute atomic E-state index is 0.00590. The van der Waals surface area contributed by atoms with Gasteiger partial charge in [-0.1, -0.05) is 29.1 Å². The third-order valence-electron chi connectivity index (χ3n) is 3.76. The van der Waals surface area contributed by atoms with Gasteiger partial charge in [0.25, 0.3) is 5.91 Å². The van der Waals surface area contributed by atoms with E-state index in [0.717, 1.165) is 11.5 Å². The van der Waals surface area contributed by atoms with Gasteiger partial charge in [0.1, 0.15) is 16.6 Å². The number of benzene rings is 1. The van der Waals surface area contributed by atoms with E-state index in [-0.39, 0.29) is 18.3 Å². The molecule has 2 N–H and O–H groups in total. The first-order chi connectivity index (χ1) is 13.0. The second-order valence-corrected chi connectivity index (χ2v) is 6.82. The van der Waals surface area contributed by atoms with Crippen molar-refractivity contribution in [3.8, 4) is 0 Å². The first-order valence-electron chi connectivity index (χ1n) is 8.24. The Morgan fingerprint density at radius 1 is 1.33 bits per heavy atom. The van der Waals surface area contributed by atoms with Crippen molar-refractivity contribution < 1.29 is 18.8 Å². The van der Waals surface area contributed by atoms with Crippen LogP contribution in [-0.4, -0.2) is 27.7 Å². The highest BCUT2D eigenvalue weighted by atomic mass is 32.2. The summed E-state index contributed by atoms with van der Waals surface area (Å²) in [7, 11) is 0. The van der Waals surface area contributed by atoms with Crippen molar-refractivity contribution in [1.82, 2.24) is 15.5 Å². The van der Waals surface area contributed by atoms with E-state index in [2.05, 4.69) is 15.5 Å². The molecule has 0 bridgehead atoms. The van der Waals surface area contributed by atoms with Crippen LogP contribution in [0, 0.1) is 12.7 Å². The fourth-order valence-electron chi connectivity index (χ4n) is 2.39. The zero-order valence-corrected chi connectivity index (χ0v) is 15.4. The highest BCUT2D eigenvalue weighted by Gasteiger charge is 2.15. The number of aliphatic hydroxyl groups excluding tert-OH is 1. The first-order valence-corrected chi connectivity index (χ1v) is 9.23. The predicted molar refractivity (Wildman–Crippen MR) is 98.7 cm³/mol. The van der Waals surface area contributed by atoms with E-state index in [1.807, 2.05) is 13.0 Å². The molecule has 0 spiro atoms. The normalized spacial score (nSPS) is 12.0. The quantitative estimate of drug-likeness (QED) is 0.605. The molecular weight excluding hydrogens is 369 g/mol. The average molecular weight is 387 g/mol. The Labute approximate surface area is 159 Å². The molecule has 0 radical (unpaired) electrons. The van der Waals surface area contributed by atoms with Gasteiger partial charge in [-0.15, -0.1) is 0 Å². The topological polar surface area (TPSA) is 88.2 Å². The molecule has 0 aliphatic rings. The number of hydrogen-bond acceptors (Lipinski definition) is 6. The monoisotopic (exact) mass is 387 g/mol. The molecule has 27 heavy (non-hydrogen) atoms. The van der Waals surface area contributed by atoms with Gasteiger partial charge in [-0.2, -0.15) is 0 Å². The maximum Gasteiger partial charge on any atom is 0.254 e. The van der Waals surface area contributed by atoms with Crippen molar-refractivity contribution in [2.75, 3.05) is 6.54 Å². The Morgan fingerprint density at radius 3 is 2.81 bits per heavy atom. The van der Waals surface area contributed by atoms with Gasteiger partial charge in [0.05, 0.1) is 17.4 Å². The SMILES string of the molecule is Cc1cc(CSc2ncccc2C(=O)NCC(O)c2ccc(F)cc2)no1. The molecule has 0 aliphatic heterocycles. The number of carbonyl (C=O) groups excluding carboxylic acids is 1. The minimum atomic E-state index is -0.930. The van der Waals surface area contributed by atoms with Crippen molar-refractivity contribution in [3.63, 3.8) is 0 Å². The molecule has 6 nitrogen and oxygen atoms in total. The average Bonchev–Trinajstić information content (AvgIpc) is 3.10. The van der Waals surface area contributed by atoms with Crippen molar-refractivity contribution >= 4 is 17.7 Å². The zero-order chi connectivity index (χ0) is 19.2. The fourth-order valence-corrected chi connectivity index (χ4v) is 3.27. The van der Waals surface area contributed by atoms with Gasteiger partial charge in [0.2, 0.25) is 0 Å². The van der Waals surface area contributed by atoms with Crippen LogP contribution in [0.5, 0.6) is 0 Å². The van der Waals surface area contributed by atoms with E-state index >= 15 is 0 Å². The molecule has 140 valence electrons. The molecule has 2 heterocycles. The number of aliphatic hydroxyl groups is 1. The predicted octanol–water partition coefficient (Wildman–Crippen LogP) is 3.27. The smallest absolute Gasteiger partial charge is 0.254 e. The van der Waals surface area contributed by atoms with Crippen molar-refractivity contribution in [2.45, 2.75) is 23.8 Å². The maximum absolute atomic E-state index is 13.0. The third-order valence-corrected chi connectivity index (χ3v) is 4.80. The molecule has 1 aromatic carbocycles. The summed E-state index contributed by atoms with van der Waals surface area (Å²) in [6, 6.07) is 10.7. The molecule has 3 aromatic rings. The number of thioether (sulfide) groups is 1. The van der Waals surface area contributed by atoms with E-state index < -0.39 is 6.10 Å². The van der Waals surface area contributed by atoms with Gasteiger partial charge in [0, 0.05) is 24.6 Å². The highest BCUT2D eigenvalue weighted by Crippen LogP contribution is 2.24. The van der Waals surface area contributed by atoms with Gasteiger partial charge in [-0.05, 0) is 36.8 Å². The lowest BCUT2D eigenvalue weighted by atomic mass is 10.1. The number of aromatic nitrogens is 2. The molecular formula is C19H18FN3O3S. The number of amides is 1. The van der Waals surface area contributed by atoms with E-state index in [4.69, 9.17) is 4.52 Å². The minimum Gasteiger partial charge on any atom is -0.387 e. The number of rotatable bonds is 7. The second-order valence-electron chi connectivity index (χ2n) is 5.85. The Hall–Kier alpha value is -2.71. The number of hydrogen-bond donors (Lipinski definition) is 2. The summed E-state index contributed by atoms with van der Waals surface area (Å²) in [4.78, 5) is 16.8. The molecule has 0 saturated heterocycles. The summed E-state index contributed by atoms with van der Waals surface area (Å²) in [6.07, 6.45) is 0.681. The molecule has 2 aromatic heterocycles. The van der Waals surface area contributed by atoms with Crippen LogP contribution in [-0.2, 0) is 5.75 Å². The van der Waals surface area contributed by atoms with Crippen molar-refractivity contribution in [1.29, 1.82) is 0 Å². The molecule has 1 atom stereocenters. The van der Waals surface area contributed by atoms with Crippen LogP contribution in [0.1, 0.15) is 33.5 Å². The summed E-state index contributed by atoms with van der Waals surface area (Å²) in [6.45, 7) is 1.82. The van der Waals surface area contributed by atoms with E-state index in [9.17, 15) is 14.3 Å². The largest absolute Gasteiger partial charge is 0.387 e. The van der Waals surface area contributed by atoms with Gasteiger partial charge in [-0.25, -0.2) is 9.37 Å². The standard InChI is InChI=1S/C19H18FN3O3S/c1-12-9-15(23-26-12)11-27-19-16(3-2-8-21-19)18(25)22-10-17(24)13-4-6-14(20)7-5-13/h2-9,17,24H,10-11H2,1H3,(H,22,25). The molecule has 0 fully saturated rings. The Balaban J connectivity index is 1.61. The van der Waals surface area contributed by atoms with Crippen LogP contribution in [0.4, 0.5) is 4.39 Å². The van der Waals surface area contributed by atoms with Crippen LogP contribution in [0.2, 0.25) is 0 Å². The molecule has 1 unspecified atom stereocenters. The van der Waals surface area contributed by atoms with Gasteiger partial charge >= 0.3 is 0 Å². The van der Waals surface area contributed by atoms with Crippen LogP contribution in [0.15, 0.2) is 58.2 Å². The van der Waals surface area contributed by atoms with Gasteiger partial charge in [0.15, 0.2) is 0 Å². The number of nitrogens with zero attached hydrogens (tertiary/aromatic N) is 2. The van der Waals surface area contributed by atoms with Crippen molar-refractivity contribution in [3.05, 3.63) is 77.1 Å². The molecule has 8 heteroatoms. The molecule has 0 aliphatic carbocycles. The van der Waals surface area contributed by atoms with E-state index in [0.29, 0.717) is 21.9 Å². The third kappa shape index (κ3) is 5.15. The lowest BCUT2D eigenvalue weighted by Gasteiger charge is -2.13. The summed E-state index contributed by atoms with van der Waals surface area (Å²) < 4.78 is 18.0. The Bertz CT molecular complexity index is 915. The van der Waals surface area contributed by atoms with Crippen LogP contribution in [0.25, 0.3) is 0 Å². The molecule has 0 saturated carbocycles. The highest BCUT2D eigenvalue weighted by molar-refractivity contribution is 7.98. The first kappa shape index (κ1) is 19.1. The summed E-state index contributed by atoms with van der Waals surface area (Å²) >= 11 is 1.38. The van der Waals surface area contributed by atoms with Crippen LogP contribution < -0.4 is 5.32 Å². The van der Waals surface area contributed by atoms with Crippen LogP contribution >= 0.6 is 11.8 Å². The number of carbonyl (C=O) groups is 1. The summed E-state index contributed by atoms with van der Waals surface area (Å²) in [5.74, 6) is 0.518. The van der Waals surface area contributed by atoms with Crippen molar-refractivity contribution in [2.24, 2.45) is 0 Å². The van der Waals surface area contributed by atoms with Crippen LogP contribution in [0.3, 0.4) is 0 Å². The van der Waals surface area contributed by atoms with E-state index in [1.54, 1.807) is 18.3 Å². The Kier molecular flexibility index (Phi) is 6.20. The second kappa shape index (κ2) is 8.79. The summed E-state index contributed by atoms with van der Waals surface area (Å²) in [5, 5.41) is 17.3. The molecule has 3 rings (SSSR count). The lowest BCUT2D eigenvalue weighted by molar-refractivity contribution is 0.0912.